The Morgan fingerprint density at radius 1 is 0.958 bits per heavy atom. The van der Waals surface area contributed by atoms with Gasteiger partial charge in [0.05, 0.1) is 0 Å². The van der Waals surface area contributed by atoms with E-state index in [2.05, 4.69) is 30.3 Å². The lowest BCUT2D eigenvalue weighted by Crippen LogP contribution is -2.39. The van der Waals surface area contributed by atoms with E-state index >= 15 is 0 Å². The number of benzene rings is 2. The average Bonchev–Trinajstić information content (AvgIpc) is 2.62. The molecule has 2 aromatic rings. The molecule has 126 valence electrons. The van der Waals surface area contributed by atoms with Crippen LogP contribution in [0.2, 0.25) is 5.02 Å². The van der Waals surface area contributed by atoms with Crippen LogP contribution in [0.5, 0.6) is 0 Å². The Hall–Kier alpha value is -1.80. The van der Waals surface area contributed by atoms with E-state index in [-0.39, 0.29) is 5.91 Å². The summed E-state index contributed by atoms with van der Waals surface area (Å²) in [7, 11) is 0. The zero-order valence-corrected chi connectivity index (χ0v) is 14.7. The summed E-state index contributed by atoms with van der Waals surface area (Å²) in [5, 5.41) is 0.741. The van der Waals surface area contributed by atoms with E-state index in [0.717, 1.165) is 43.8 Å². The van der Waals surface area contributed by atoms with Gasteiger partial charge in [0.25, 0.3) is 0 Å². The molecule has 24 heavy (non-hydrogen) atoms. The van der Waals surface area contributed by atoms with Gasteiger partial charge in [-0.15, -0.1) is 0 Å². The number of aryl methyl sites for hydroxylation is 1. The van der Waals surface area contributed by atoms with E-state index in [4.69, 9.17) is 11.6 Å². The van der Waals surface area contributed by atoms with Crippen molar-refractivity contribution >= 4 is 17.5 Å². The standard InChI is InChI=1S/C21H24ClNO/c22-20-9-6-17(7-10-20)8-11-21(24)23-14-12-19(13-15-23)16-18-4-2-1-3-5-18/h1-7,9-10,19H,8,11-16H2. The average molecular weight is 342 g/mol. The van der Waals surface area contributed by atoms with Gasteiger partial charge in [-0.2, -0.15) is 0 Å². The van der Waals surface area contributed by atoms with Crippen molar-refractivity contribution < 1.29 is 4.79 Å². The first-order valence-corrected chi connectivity index (χ1v) is 9.14. The number of hydrogen-bond acceptors (Lipinski definition) is 1. The van der Waals surface area contributed by atoms with Gasteiger partial charge in [-0.1, -0.05) is 54.1 Å². The van der Waals surface area contributed by atoms with Crippen LogP contribution in [0.3, 0.4) is 0 Å². The molecule has 0 spiro atoms. The first-order chi connectivity index (χ1) is 11.7. The van der Waals surface area contributed by atoms with Gasteiger partial charge in [0.15, 0.2) is 0 Å². The van der Waals surface area contributed by atoms with Gasteiger partial charge in [-0.25, -0.2) is 0 Å². The van der Waals surface area contributed by atoms with Crippen molar-refractivity contribution in [1.29, 1.82) is 0 Å². The molecule has 0 atom stereocenters. The maximum absolute atomic E-state index is 12.4. The SMILES string of the molecule is O=C(CCc1ccc(Cl)cc1)N1CCC(Cc2ccccc2)CC1. The van der Waals surface area contributed by atoms with Gasteiger partial charge >= 0.3 is 0 Å². The fourth-order valence-electron chi connectivity index (χ4n) is 3.39. The van der Waals surface area contributed by atoms with E-state index in [9.17, 15) is 4.79 Å². The lowest BCUT2D eigenvalue weighted by Gasteiger charge is -2.32. The number of nitrogens with zero attached hydrogens (tertiary/aromatic N) is 1. The minimum atomic E-state index is 0.281. The molecule has 0 unspecified atom stereocenters. The van der Waals surface area contributed by atoms with Crippen LogP contribution in [0.1, 0.15) is 30.4 Å². The normalized spacial score (nSPS) is 15.5. The van der Waals surface area contributed by atoms with Gasteiger partial charge in [0, 0.05) is 24.5 Å². The number of likely N-dealkylation sites (tertiary alicyclic amines) is 1. The molecule has 2 aromatic carbocycles. The number of amides is 1. The van der Waals surface area contributed by atoms with E-state index < -0.39 is 0 Å². The van der Waals surface area contributed by atoms with Crippen molar-refractivity contribution in [3.63, 3.8) is 0 Å². The van der Waals surface area contributed by atoms with Gasteiger partial charge in [-0.05, 0) is 54.9 Å². The second-order valence-electron chi connectivity index (χ2n) is 6.64. The Morgan fingerprint density at radius 3 is 2.29 bits per heavy atom. The Labute approximate surface area is 149 Å². The molecule has 1 saturated heterocycles. The number of halogens is 1. The van der Waals surface area contributed by atoms with Crippen LogP contribution in [0.15, 0.2) is 54.6 Å². The van der Waals surface area contributed by atoms with Crippen LogP contribution in [0.4, 0.5) is 0 Å². The highest BCUT2D eigenvalue weighted by Gasteiger charge is 2.22. The summed E-state index contributed by atoms with van der Waals surface area (Å²) in [5.41, 5.74) is 2.58. The van der Waals surface area contributed by atoms with Crippen molar-refractivity contribution in [2.24, 2.45) is 5.92 Å². The molecule has 1 aliphatic heterocycles. The third-order valence-electron chi connectivity index (χ3n) is 4.88. The maximum atomic E-state index is 12.4. The second-order valence-corrected chi connectivity index (χ2v) is 7.08. The van der Waals surface area contributed by atoms with Gasteiger partial charge in [0.2, 0.25) is 5.91 Å². The number of piperidine rings is 1. The molecule has 0 saturated carbocycles. The number of carbonyl (C=O) groups excluding carboxylic acids is 1. The fraction of sp³-hybridized carbons (Fsp3) is 0.381. The second kappa shape index (κ2) is 8.34. The summed E-state index contributed by atoms with van der Waals surface area (Å²) in [6.07, 6.45) is 4.74. The topological polar surface area (TPSA) is 20.3 Å². The van der Waals surface area contributed by atoms with Crippen molar-refractivity contribution in [2.45, 2.75) is 32.1 Å². The van der Waals surface area contributed by atoms with Crippen LogP contribution in [-0.2, 0) is 17.6 Å². The smallest absolute Gasteiger partial charge is 0.222 e. The lowest BCUT2D eigenvalue weighted by molar-refractivity contribution is -0.132. The Balaban J connectivity index is 1.42. The molecule has 0 radical (unpaired) electrons. The molecule has 0 aliphatic carbocycles. The monoisotopic (exact) mass is 341 g/mol. The summed E-state index contributed by atoms with van der Waals surface area (Å²) in [6.45, 7) is 1.80. The molecular weight excluding hydrogens is 318 g/mol. The first-order valence-electron chi connectivity index (χ1n) is 8.77. The Bertz CT molecular complexity index is 645. The molecule has 1 amide bonds. The summed E-state index contributed by atoms with van der Waals surface area (Å²) in [4.78, 5) is 14.4. The van der Waals surface area contributed by atoms with Crippen LogP contribution in [0, 0.1) is 5.92 Å². The van der Waals surface area contributed by atoms with Crippen molar-refractivity contribution in [2.75, 3.05) is 13.1 Å². The van der Waals surface area contributed by atoms with E-state index in [1.165, 1.54) is 11.1 Å². The third kappa shape index (κ3) is 4.85. The largest absolute Gasteiger partial charge is 0.343 e. The van der Waals surface area contributed by atoms with Crippen molar-refractivity contribution in [1.82, 2.24) is 4.90 Å². The highest BCUT2D eigenvalue weighted by atomic mass is 35.5. The molecule has 1 aliphatic rings. The maximum Gasteiger partial charge on any atom is 0.222 e. The van der Waals surface area contributed by atoms with E-state index in [1.54, 1.807) is 0 Å². The quantitative estimate of drug-likeness (QED) is 0.768. The highest BCUT2D eigenvalue weighted by Crippen LogP contribution is 2.22. The van der Waals surface area contributed by atoms with Crippen LogP contribution < -0.4 is 0 Å². The van der Waals surface area contributed by atoms with Crippen molar-refractivity contribution in [3.8, 4) is 0 Å². The van der Waals surface area contributed by atoms with Crippen LogP contribution in [-0.4, -0.2) is 23.9 Å². The highest BCUT2D eigenvalue weighted by molar-refractivity contribution is 6.30. The van der Waals surface area contributed by atoms with Crippen molar-refractivity contribution in [3.05, 3.63) is 70.7 Å². The summed E-state index contributed by atoms with van der Waals surface area (Å²) in [6, 6.07) is 18.4. The van der Waals surface area contributed by atoms with E-state index in [1.807, 2.05) is 29.2 Å². The molecule has 3 rings (SSSR count). The molecular formula is C21H24ClNO. The predicted molar refractivity (Wildman–Crippen MR) is 99.2 cm³/mol. The predicted octanol–water partition coefficient (Wildman–Crippen LogP) is 4.75. The zero-order chi connectivity index (χ0) is 16.8. The molecule has 2 nitrogen and oxygen atoms in total. The first kappa shape index (κ1) is 17.0. The van der Waals surface area contributed by atoms with Gasteiger partial charge in [0.1, 0.15) is 0 Å². The van der Waals surface area contributed by atoms with Gasteiger partial charge < -0.3 is 4.90 Å². The van der Waals surface area contributed by atoms with Gasteiger partial charge in [-0.3, -0.25) is 4.79 Å². The molecule has 3 heteroatoms. The third-order valence-corrected chi connectivity index (χ3v) is 5.13. The molecule has 0 N–H and O–H groups in total. The van der Waals surface area contributed by atoms with Crippen LogP contribution >= 0.6 is 11.6 Å². The summed E-state index contributed by atoms with van der Waals surface area (Å²) < 4.78 is 0. The minimum absolute atomic E-state index is 0.281. The summed E-state index contributed by atoms with van der Waals surface area (Å²) in [5.74, 6) is 0.982. The van der Waals surface area contributed by atoms with Crippen LogP contribution in [0.25, 0.3) is 0 Å². The number of carbonyl (C=O) groups is 1. The Morgan fingerprint density at radius 2 is 1.62 bits per heavy atom. The number of hydrogen-bond donors (Lipinski definition) is 0. The molecule has 0 bridgehead atoms. The molecule has 1 heterocycles. The fourth-order valence-corrected chi connectivity index (χ4v) is 3.52. The van der Waals surface area contributed by atoms with E-state index in [0.29, 0.717) is 12.3 Å². The lowest BCUT2D eigenvalue weighted by atomic mass is 9.90. The number of rotatable bonds is 5. The molecule has 1 fully saturated rings. The zero-order valence-electron chi connectivity index (χ0n) is 14.0. The summed E-state index contributed by atoms with van der Waals surface area (Å²) >= 11 is 5.89. The Kier molecular flexibility index (Phi) is 5.92. The molecule has 0 aromatic heterocycles. The minimum Gasteiger partial charge on any atom is -0.343 e.